The molecule has 0 bridgehead atoms. The Hall–Kier alpha value is -2.97. The van der Waals surface area contributed by atoms with E-state index >= 15 is 0 Å². The van der Waals surface area contributed by atoms with E-state index in [1.807, 2.05) is 0 Å². The number of phenolic OH excluding ortho intramolecular Hbond substituents is 1. The third kappa shape index (κ3) is 2.20. The summed E-state index contributed by atoms with van der Waals surface area (Å²) in [5, 5.41) is 32.2. The molecule has 0 amide bonds. The third-order valence-electron chi connectivity index (χ3n) is 2.25. The van der Waals surface area contributed by atoms with Crippen LogP contribution in [0.2, 0.25) is 0 Å². The smallest absolute Gasteiger partial charge is 0.374 e. The minimum Gasteiger partial charge on any atom is -0.502 e. The first-order valence-corrected chi connectivity index (χ1v) is 4.77. The second-order valence-corrected chi connectivity index (χ2v) is 3.46. The minimum atomic E-state index is -1.41. The maximum absolute atomic E-state index is 13.2. The van der Waals surface area contributed by atoms with Crippen LogP contribution >= 0.6 is 0 Å². The number of carboxylic acid groups (broad SMARTS) is 1. The van der Waals surface area contributed by atoms with Crippen molar-refractivity contribution in [3.63, 3.8) is 0 Å². The lowest BCUT2D eigenvalue weighted by atomic mass is 10.1. The molecule has 1 heterocycles. The van der Waals surface area contributed by atoms with Crippen molar-refractivity contribution in [2.75, 3.05) is 0 Å². The van der Waals surface area contributed by atoms with Gasteiger partial charge in [0.2, 0.25) is 11.5 Å². The van der Waals surface area contributed by atoms with E-state index in [9.17, 15) is 24.4 Å². The number of carboxylic acids is 1. The number of halogens is 1. The first-order chi connectivity index (χ1) is 8.90. The van der Waals surface area contributed by atoms with Crippen LogP contribution in [0.5, 0.6) is 5.75 Å². The van der Waals surface area contributed by atoms with Gasteiger partial charge >= 0.3 is 11.7 Å². The molecule has 0 atom stereocenters. The summed E-state index contributed by atoms with van der Waals surface area (Å²) in [6, 6.07) is 2.24. The molecule has 9 heteroatoms. The SMILES string of the molecule is O=C(O)c1cc(-c2cc(F)cc([N+](=O)[O-])c2O)no1. The van der Waals surface area contributed by atoms with E-state index in [2.05, 4.69) is 9.68 Å². The molecular formula is C10H5FN2O6. The number of aromatic hydroxyl groups is 1. The second-order valence-electron chi connectivity index (χ2n) is 3.46. The number of phenols is 1. The van der Waals surface area contributed by atoms with Crippen molar-refractivity contribution in [3.8, 4) is 17.0 Å². The van der Waals surface area contributed by atoms with Gasteiger partial charge in [0.15, 0.2) is 0 Å². The lowest BCUT2D eigenvalue weighted by Crippen LogP contribution is -1.93. The molecule has 0 aliphatic heterocycles. The number of carbonyl (C=O) groups is 1. The van der Waals surface area contributed by atoms with Crippen molar-refractivity contribution < 1.29 is 28.8 Å². The lowest BCUT2D eigenvalue weighted by molar-refractivity contribution is -0.386. The average Bonchev–Trinajstić information content (AvgIpc) is 2.80. The highest BCUT2D eigenvalue weighted by Crippen LogP contribution is 2.37. The van der Waals surface area contributed by atoms with Crippen LogP contribution in [0.3, 0.4) is 0 Å². The summed E-state index contributed by atoms with van der Waals surface area (Å²) in [6.07, 6.45) is 0. The number of nitro benzene ring substituents is 1. The predicted octanol–water partition coefficient (Wildman–Crippen LogP) is 1.79. The van der Waals surface area contributed by atoms with Gasteiger partial charge in [-0.1, -0.05) is 5.16 Å². The lowest BCUT2D eigenvalue weighted by Gasteiger charge is -2.01. The van der Waals surface area contributed by atoms with E-state index in [-0.39, 0.29) is 11.3 Å². The first-order valence-electron chi connectivity index (χ1n) is 4.77. The second kappa shape index (κ2) is 4.37. The molecule has 1 aromatic heterocycles. The van der Waals surface area contributed by atoms with Gasteiger partial charge in [-0.2, -0.15) is 0 Å². The van der Waals surface area contributed by atoms with Crippen molar-refractivity contribution in [3.05, 3.63) is 39.9 Å². The average molecular weight is 268 g/mol. The van der Waals surface area contributed by atoms with E-state index in [0.29, 0.717) is 6.07 Å². The van der Waals surface area contributed by atoms with Gasteiger partial charge in [-0.25, -0.2) is 9.18 Å². The Bertz CT molecular complexity index is 681. The normalized spacial score (nSPS) is 10.4. The Morgan fingerprint density at radius 1 is 1.42 bits per heavy atom. The topological polar surface area (TPSA) is 127 Å². The van der Waals surface area contributed by atoms with Crippen molar-refractivity contribution in [1.29, 1.82) is 0 Å². The molecule has 0 aliphatic rings. The largest absolute Gasteiger partial charge is 0.502 e. The molecule has 98 valence electrons. The Morgan fingerprint density at radius 2 is 2.11 bits per heavy atom. The fourth-order valence-corrected chi connectivity index (χ4v) is 1.42. The summed E-state index contributed by atoms with van der Waals surface area (Å²) in [7, 11) is 0. The molecule has 0 saturated heterocycles. The third-order valence-corrected chi connectivity index (χ3v) is 2.25. The molecule has 0 saturated carbocycles. The summed E-state index contributed by atoms with van der Waals surface area (Å²) in [6.45, 7) is 0. The molecular weight excluding hydrogens is 263 g/mol. The Morgan fingerprint density at radius 3 is 2.63 bits per heavy atom. The van der Waals surface area contributed by atoms with Crippen LogP contribution in [-0.4, -0.2) is 26.3 Å². The van der Waals surface area contributed by atoms with Crippen molar-refractivity contribution >= 4 is 11.7 Å². The molecule has 19 heavy (non-hydrogen) atoms. The number of benzene rings is 1. The quantitative estimate of drug-likeness (QED) is 0.641. The zero-order valence-corrected chi connectivity index (χ0v) is 9.03. The van der Waals surface area contributed by atoms with Gasteiger partial charge < -0.3 is 14.7 Å². The molecule has 0 fully saturated rings. The molecule has 1 aromatic carbocycles. The summed E-state index contributed by atoms with van der Waals surface area (Å²) >= 11 is 0. The number of hydrogen-bond acceptors (Lipinski definition) is 6. The van der Waals surface area contributed by atoms with Gasteiger partial charge in [-0.15, -0.1) is 0 Å². The molecule has 0 aliphatic carbocycles. The number of aromatic carboxylic acids is 1. The van der Waals surface area contributed by atoms with Gasteiger partial charge in [0, 0.05) is 6.07 Å². The van der Waals surface area contributed by atoms with Gasteiger partial charge in [-0.3, -0.25) is 10.1 Å². The van der Waals surface area contributed by atoms with Crippen LogP contribution in [-0.2, 0) is 0 Å². The monoisotopic (exact) mass is 268 g/mol. The van der Waals surface area contributed by atoms with Crippen LogP contribution in [0.1, 0.15) is 10.6 Å². The first kappa shape index (κ1) is 12.5. The molecule has 2 N–H and O–H groups in total. The molecule has 2 rings (SSSR count). The Balaban J connectivity index is 2.61. The van der Waals surface area contributed by atoms with Crippen molar-refractivity contribution in [2.24, 2.45) is 0 Å². The number of rotatable bonds is 3. The van der Waals surface area contributed by atoms with E-state index in [0.717, 1.165) is 12.1 Å². The van der Waals surface area contributed by atoms with Gasteiger partial charge in [0.1, 0.15) is 11.5 Å². The summed E-state index contributed by atoms with van der Waals surface area (Å²) in [5.41, 5.74) is -1.41. The highest BCUT2D eigenvalue weighted by molar-refractivity contribution is 5.86. The number of aromatic nitrogens is 1. The van der Waals surface area contributed by atoms with E-state index < -0.39 is 33.9 Å². The summed E-state index contributed by atoms with van der Waals surface area (Å²) in [5.74, 6) is -3.75. The maximum atomic E-state index is 13.2. The highest BCUT2D eigenvalue weighted by atomic mass is 19.1. The zero-order chi connectivity index (χ0) is 14.2. The zero-order valence-electron chi connectivity index (χ0n) is 9.03. The predicted molar refractivity (Wildman–Crippen MR) is 57.2 cm³/mol. The van der Waals surface area contributed by atoms with E-state index in [4.69, 9.17) is 5.11 Å². The van der Waals surface area contributed by atoms with Crippen LogP contribution < -0.4 is 0 Å². The highest BCUT2D eigenvalue weighted by Gasteiger charge is 2.23. The van der Waals surface area contributed by atoms with Crippen LogP contribution in [0.25, 0.3) is 11.3 Å². The number of nitrogens with zero attached hydrogens (tertiary/aromatic N) is 2. The fourth-order valence-electron chi connectivity index (χ4n) is 1.42. The Labute approximate surface area is 103 Å². The van der Waals surface area contributed by atoms with Gasteiger partial charge in [0.05, 0.1) is 16.6 Å². The van der Waals surface area contributed by atoms with Gasteiger partial charge in [-0.05, 0) is 6.07 Å². The molecule has 0 unspecified atom stereocenters. The number of hydrogen-bond donors (Lipinski definition) is 2. The Kier molecular flexibility index (Phi) is 2.87. The summed E-state index contributed by atoms with van der Waals surface area (Å²) in [4.78, 5) is 20.2. The van der Waals surface area contributed by atoms with Crippen LogP contribution in [0, 0.1) is 15.9 Å². The van der Waals surface area contributed by atoms with E-state index in [1.165, 1.54) is 0 Å². The molecule has 0 spiro atoms. The molecule has 0 radical (unpaired) electrons. The molecule has 2 aromatic rings. The standard InChI is InChI=1S/C10H5FN2O6/c11-4-1-5(9(14)7(2-4)13(17)18)6-3-8(10(15)16)19-12-6/h1-3,14H,(H,15,16). The van der Waals surface area contributed by atoms with E-state index in [1.54, 1.807) is 0 Å². The fraction of sp³-hybridized carbons (Fsp3) is 0. The maximum Gasteiger partial charge on any atom is 0.374 e. The van der Waals surface area contributed by atoms with Gasteiger partial charge in [0.25, 0.3) is 0 Å². The summed E-state index contributed by atoms with van der Waals surface area (Å²) < 4.78 is 17.7. The van der Waals surface area contributed by atoms with Crippen LogP contribution in [0.4, 0.5) is 10.1 Å². The minimum absolute atomic E-state index is 0.225. The van der Waals surface area contributed by atoms with Crippen LogP contribution in [0.15, 0.2) is 22.7 Å². The van der Waals surface area contributed by atoms with Crippen molar-refractivity contribution in [2.45, 2.75) is 0 Å². The number of nitro groups is 1. The molecule has 8 nitrogen and oxygen atoms in total. The van der Waals surface area contributed by atoms with Crippen molar-refractivity contribution in [1.82, 2.24) is 5.16 Å².